The lowest BCUT2D eigenvalue weighted by Crippen LogP contribution is -2.45. The number of aliphatic hydroxyl groups is 5. The number of amides is 1. The maximum Gasteiger partial charge on any atom is 0.257 e. The van der Waals surface area contributed by atoms with Crippen LogP contribution >= 0.6 is 0 Å². The molecule has 0 aromatic heterocycles. The molecule has 2 aromatic rings. The van der Waals surface area contributed by atoms with E-state index in [0.29, 0.717) is 16.9 Å². The summed E-state index contributed by atoms with van der Waals surface area (Å²) in [7, 11) is 0. The van der Waals surface area contributed by atoms with E-state index < -0.39 is 36.9 Å². The molecule has 6 N–H and O–H groups in total. The van der Waals surface area contributed by atoms with Crippen molar-refractivity contribution in [2.24, 2.45) is 4.99 Å². The predicted molar refractivity (Wildman–Crippen MR) is 107 cm³/mol. The molecule has 0 unspecified atom stereocenters. The van der Waals surface area contributed by atoms with Crippen LogP contribution in [-0.2, 0) is 4.79 Å². The maximum absolute atomic E-state index is 12.9. The molecule has 0 fully saturated rings. The molecule has 4 atom stereocenters. The lowest BCUT2D eigenvalue weighted by atomic mass is 9.96. The lowest BCUT2D eigenvalue weighted by molar-refractivity contribution is -0.113. The summed E-state index contributed by atoms with van der Waals surface area (Å²) in [5.74, 6) is -0.555. The lowest BCUT2D eigenvalue weighted by Gasteiger charge is -2.24. The van der Waals surface area contributed by atoms with Crippen LogP contribution in [0.15, 0.2) is 71.2 Å². The molecule has 1 amide bonds. The normalized spacial score (nSPS) is 19.4. The predicted octanol–water partition coefficient (Wildman–Crippen LogP) is 0.122. The van der Waals surface area contributed by atoms with Gasteiger partial charge in [0.05, 0.1) is 29.3 Å². The average Bonchev–Trinajstić information content (AvgIpc) is 2.89. The van der Waals surface area contributed by atoms with Gasteiger partial charge in [-0.3, -0.25) is 4.79 Å². The highest BCUT2D eigenvalue weighted by Gasteiger charge is 2.31. The Labute approximate surface area is 167 Å². The molecule has 0 saturated heterocycles. The van der Waals surface area contributed by atoms with E-state index >= 15 is 0 Å². The zero-order valence-corrected chi connectivity index (χ0v) is 15.4. The molecular weight excluding hydrogens is 376 g/mol. The van der Waals surface area contributed by atoms with Gasteiger partial charge >= 0.3 is 0 Å². The summed E-state index contributed by atoms with van der Waals surface area (Å²) < 4.78 is 0. The van der Waals surface area contributed by atoms with E-state index in [1.54, 1.807) is 48.5 Å². The van der Waals surface area contributed by atoms with E-state index in [9.17, 15) is 25.2 Å². The highest BCUT2D eigenvalue weighted by Crippen LogP contribution is 2.30. The molecule has 29 heavy (non-hydrogen) atoms. The molecular formula is C21H22N2O6. The van der Waals surface area contributed by atoms with Crippen molar-refractivity contribution in [2.75, 3.05) is 11.9 Å². The zero-order chi connectivity index (χ0) is 21.0. The number of fused-ring (bicyclic) bond motifs is 1. The second-order valence-corrected chi connectivity index (χ2v) is 6.60. The first-order valence-corrected chi connectivity index (χ1v) is 9.02. The number of anilines is 1. The third-order valence-electron chi connectivity index (χ3n) is 4.55. The van der Waals surface area contributed by atoms with E-state index in [-0.39, 0.29) is 11.3 Å². The number of aliphatic imine (C=N–C) groups is 1. The molecule has 8 nitrogen and oxygen atoms in total. The minimum atomic E-state index is -1.83. The van der Waals surface area contributed by atoms with Gasteiger partial charge in [-0.15, -0.1) is 0 Å². The summed E-state index contributed by atoms with van der Waals surface area (Å²) in [6.45, 7) is -0.798. The van der Waals surface area contributed by atoms with Gasteiger partial charge in [-0.05, 0) is 18.2 Å². The molecule has 2 aromatic carbocycles. The van der Waals surface area contributed by atoms with Crippen molar-refractivity contribution in [3.8, 4) is 0 Å². The summed E-state index contributed by atoms with van der Waals surface area (Å²) >= 11 is 0. The number of carbonyl (C=O) groups excluding carboxylic acids is 1. The highest BCUT2D eigenvalue weighted by molar-refractivity contribution is 6.32. The Bertz CT molecular complexity index is 928. The first kappa shape index (κ1) is 20.8. The minimum absolute atomic E-state index is 0.00959. The molecule has 0 aliphatic carbocycles. The number of para-hydroxylation sites is 2. The number of nitrogens with zero attached hydrogens (tertiary/aromatic N) is 1. The van der Waals surface area contributed by atoms with Crippen LogP contribution in [0.2, 0.25) is 0 Å². The second kappa shape index (κ2) is 9.08. The van der Waals surface area contributed by atoms with Crippen LogP contribution in [0.3, 0.4) is 0 Å². The van der Waals surface area contributed by atoms with Gasteiger partial charge in [0, 0.05) is 5.56 Å². The van der Waals surface area contributed by atoms with Crippen LogP contribution in [0, 0.1) is 0 Å². The summed E-state index contributed by atoms with van der Waals surface area (Å²) in [5, 5.41) is 51.5. The Morgan fingerprint density at radius 3 is 2.28 bits per heavy atom. The van der Waals surface area contributed by atoms with E-state index in [1.165, 1.54) is 0 Å². The topological polar surface area (TPSA) is 143 Å². The van der Waals surface area contributed by atoms with Gasteiger partial charge < -0.3 is 30.8 Å². The third kappa shape index (κ3) is 4.58. The fourth-order valence-corrected chi connectivity index (χ4v) is 2.93. The molecule has 0 radical (unpaired) electrons. The fraction of sp³-hybridized carbons (Fsp3) is 0.238. The van der Waals surface area contributed by atoms with Gasteiger partial charge in [-0.2, -0.15) is 0 Å². The van der Waals surface area contributed by atoms with Crippen LogP contribution in [-0.4, -0.2) is 68.2 Å². The van der Waals surface area contributed by atoms with Crippen LogP contribution in [0.4, 0.5) is 11.4 Å². The average molecular weight is 398 g/mol. The van der Waals surface area contributed by atoms with Crippen LogP contribution in [0.1, 0.15) is 5.56 Å². The maximum atomic E-state index is 12.9. The van der Waals surface area contributed by atoms with Crippen LogP contribution in [0.5, 0.6) is 0 Å². The summed E-state index contributed by atoms with van der Waals surface area (Å²) in [6.07, 6.45) is -5.92. The number of hydrogen-bond acceptors (Lipinski definition) is 7. The summed E-state index contributed by atoms with van der Waals surface area (Å²) in [6, 6.07) is 15.8. The van der Waals surface area contributed by atoms with Gasteiger partial charge in [0.2, 0.25) is 0 Å². The van der Waals surface area contributed by atoms with E-state index in [2.05, 4.69) is 10.3 Å². The second-order valence-electron chi connectivity index (χ2n) is 6.60. The fourth-order valence-electron chi connectivity index (χ4n) is 2.93. The van der Waals surface area contributed by atoms with Crippen molar-refractivity contribution >= 4 is 23.0 Å². The molecule has 0 saturated carbocycles. The Morgan fingerprint density at radius 2 is 1.59 bits per heavy atom. The molecule has 0 spiro atoms. The highest BCUT2D eigenvalue weighted by atomic mass is 16.4. The van der Waals surface area contributed by atoms with Gasteiger partial charge in [0.1, 0.15) is 24.4 Å². The van der Waals surface area contributed by atoms with Gasteiger partial charge in [-0.1, -0.05) is 42.5 Å². The smallest absolute Gasteiger partial charge is 0.257 e. The number of aliphatic hydroxyl groups excluding tert-OH is 5. The molecule has 1 heterocycles. The molecule has 1 aliphatic rings. The van der Waals surface area contributed by atoms with Crippen LogP contribution in [0.25, 0.3) is 0 Å². The van der Waals surface area contributed by atoms with Crippen molar-refractivity contribution in [2.45, 2.75) is 24.4 Å². The van der Waals surface area contributed by atoms with E-state index in [4.69, 9.17) is 5.11 Å². The molecule has 8 heteroatoms. The molecule has 0 bridgehead atoms. The zero-order valence-electron chi connectivity index (χ0n) is 15.4. The van der Waals surface area contributed by atoms with Gasteiger partial charge in [0.25, 0.3) is 5.91 Å². The largest absolute Gasteiger partial charge is 0.394 e. The van der Waals surface area contributed by atoms with Crippen molar-refractivity contribution in [3.05, 3.63) is 71.8 Å². The minimum Gasteiger partial charge on any atom is -0.394 e. The summed E-state index contributed by atoms with van der Waals surface area (Å²) in [4.78, 5) is 17.4. The Balaban J connectivity index is 2.05. The SMILES string of the molecule is O=C1Nc2ccccc2N=C(c2ccccc2)/C1=C/[C@H](O)[C@H](O)[C@@H](O)[C@H](O)CO. The Kier molecular flexibility index (Phi) is 6.53. The van der Waals surface area contributed by atoms with Gasteiger partial charge in [0.15, 0.2) is 0 Å². The Hall–Kier alpha value is -2.88. The van der Waals surface area contributed by atoms with Crippen molar-refractivity contribution in [3.63, 3.8) is 0 Å². The van der Waals surface area contributed by atoms with E-state index in [1.807, 2.05) is 6.07 Å². The third-order valence-corrected chi connectivity index (χ3v) is 4.55. The van der Waals surface area contributed by atoms with E-state index in [0.717, 1.165) is 6.08 Å². The number of benzene rings is 2. The van der Waals surface area contributed by atoms with Crippen molar-refractivity contribution in [1.82, 2.24) is 0 Å². The standard InChI is InChI=1S/C21H22N2O6/c24-11-17(26)20(28)19(27)16(25)10-13-18(12-6-2-1-3-7-12)22-14-8-4-5-9-15(14)23-21(13)29/h1-10,16-17,19-20,24-28H,11H2,(H,23,29)/b13-10-/t16-,17+,19-,20-/m0/s1. The van der Waals surface area contributed by atoms with Gasteiger partial charge in [-0.25, -0.2) is 4.99 Å². The quantitative estimate of drug-likeness (QED) is 0.382. The monoisotopic (exact) mass is 398 g/mol. The summed E-state index contributed by atoms with van der Waals surface area (Å²) in [5.41, 5.74) is 1.89. The molecule has 3 rings (SSSR count). The first-order chi connectivity index (χ1) is 13.9. The number of hydrogen-bond donors (Lipinski definition) is 6. The number of rotatable bonds is 6. The van der Waals surface area contributed by atoms with Crippen LogP contribution < -0.4 is 5.32 Å². The van der Waals surface area contributed by atoms with Crippen molar-refractivity contribution < 1.29 is 30.3 Å². The number of carbonyl (C=O) groups is 1. The number of nitrogens with one attached hydrogen (secondary N) is 1. The van der Waals surface area contributed by atoms with Crippen molar-refractivity contribution in [1.29, 1.82) is 0 Å². The first-order valence-electron chi connectivity index (χ1n) is 9.02. The Morgan fingerprint density at radius 1 is 0.931 bits per heavy atom. The molecule has 152 valence electrons. The molecule has 1 aliphatic heterocycles.